The van der Waals surface area contributed by atoms with Gasteiger partial charge >= 0.3 is 0 Å². The highest BCUT2D eigenvalue weighted by Crippen LogP contribution is 2.56. The van der Waals surface area contributed by atoms with Gasteiger partial charge in [0.1, 0.15) is 5.82 Å². The second kappa shape index (κ2) is 3.34. The Labute approximate surface area is 90.9 Å². The number of nitrogens with one attached hydrogen (secondary N) is 1. The molecule has 3 unspecified atom stereocenters. The van der Waals surface area contributed by atoms with Crippen LogP contribution in [0.25, 0.3) is 0 Å². The van der Waals surface area contributed by atoms with Crippen molar-refractivity contribution in [1.29, 1.82) is 0 Å². The van der Waals surface area contributed by atoms with E-state index in [1.807, 2.05) is 12.4 Å². The summed E-state index contributed by atoms with van der Waals surface area (Å²) in [5.74, 6) is 4.10. The SMILES string of the molecule is CNC(c1nccn1C)C1CC2CC2C1. The van der Waals surface area contributed by atoms with Gasteiger partial charge in [0, 0.05) is 19.4 Å². The van der Waals surface area contributed by atoms with Crippen LogP contribution in [-0.4, -0.2) is 16.6 Å². The van der Waals surface area contributed by atoms with Gasteiger partial charge in [0.2, 0.25) is 0 Å². The average Bonchev–Trinajstić information content (AvgIpc) is 2.65. The molecule has 0 saturated heterocycles. The van der Waals surface area contributed by atoms with Gasteiger partial charge in [0.05, 0.1) is 6.04 Å². The van der Waals surface area contributed by atoms with Crippen molar-refractivity contribution >= 4 is 0 Å². The molecular weight excluding hydrogens is 186 g/mol. The zero-order valence-electron chi connectivity index (χ0n) is 9.48. The molecule has 2 aliphatic rings. The second-order valence-electron chi connectivity index (χ2n) is 5.15. The Hall–Kier alpha value is -0.830. The minimum Gasteiger partial charge on any atom is -0.337 e. The molecule has 1 aromatic heterocycles. The van der Waals surface area contributed by atoms with Gasteiger partial charge in [-0.3, -0.25) is 0 Å². The van der Waals surface area contributed by atoms with Gasteiger partial charge in [-0.15, -0.1) is 0 Å². The Morgan fingerprint density at radius 1 is 1.40 bits per heavy atom. The zero-order chi connectivity index (χ0) is 10.4. The molecular formula is C12H19N3. The first kappa shape index (κ1) is 9.40. The number of fused-ring (bicyclic) bond motifs is 1. The van der Waals surface area contributed by atoms with Gasteiger partial charge in [-0.1, -0.05) is 0 Å². The predicted octanol–water partition coefficient (Wildman–Crippen LogP) is 1.73. The van der Waals surface area contributed by atoms with Crippen LogP contribution in [0.2, 0.25) is 0 Å². The molecule has 1 N–H and O–H groups in total. The van der Waals surface area contributed by atoms with Gasteiger partial charge in [-0.25, -0.2) is 4.98 Å². The summed E-state index contributed by atoms with van der Waals surface area (Å²) in [6, 6.07) is 0.456. The number of rotatable bonds is 3. The minimum atomic E-state index is 0.456. The monoisotopic (exact) mass is 205 g/mol. The summed E-state index contributed by atoms with van der Waals surface area (Å²) in [5, 5.41) is 3.44. The lowest BCUT2D eigenvalue weighted by molar-refractivity contribution is 0.340. The molecule has 3 rings (SSSR count). The predicted molar refractivity (Wildman–Crippen MR) is 59.3 cm³/mol. The summed E-state index contributed by atoms with van der Waals surface area (Å²) in [6.07, 6.45) is 8.24. The number of nitrogens with zero attached hydrogens (tertiary/aromatic N) is 2. The molecule has 82 valence electrons. The first-order valence-electron chi connectivity index (χ1n) is 5.94. The van der Waals surface area contributed by atoms with E-state index in [1.165, 1.54) is 25.1 Å². The van der Waals surface area contributed by atoms with E-state index in [0.717, 1.165) is 17.8 Å². The molecule has 0 radical (unpaired) electrons. The second-order valence-corrected chi connectivity index (χ2v) is 5.15. The largest absolute Gasteiger partial charge is 0.337 e. The maximum atomic E-state index is 4.47. The molecule has 3 atom stereocenters. The highest BCUT2D eigenvalue weighted by molar-refractivity contribution is 5.06. The van der Waals surface area contributed by atoms with E-state index in [-0.39, 0.29) is 0 Å². The van der Waals surface area contributed by atoms with Crippen molar-refractivity contribution in [3.63, 3.8) is 0 Å². The summed E-state index contributed by atoms with van der Waals surface area (Å²) >= 11 is 0. The maximum absolute atomic E-state index is 4.47. The molecule has 0 aromatic carbocycles. The van der Waals surface area contributed by atoms with Crippen LogP contribution in [0.3, 0.4) is 0 Å². The highest BCUT2D eigenvalue weighted by Gasteiger charge is 2.48. The van der Waals surface area contributed by atoms with Crippen LogP contribution in [-0.2, 0) is 7.05 Å². The Morgan fingerprint density at radius 2 is 2.13 bits per heavy atom. The average molecular weight is 205 g/mol. The molecule has 2 saturated carbocycles. The molecule has 2 aliphatic carbocycles. The molecule has 3 heteroatoms. The topological polar surface area (TPSA) is 29.9 Å². The fraction of sp³-hybridized carbons (Fsp3) is 0.750. The molecule has 0 amide bonds. The first-order valence-corrected chi connectivity index (χ1v) is 5.94. The zero-order valence-corrected chi connectivity index (χ0v) is 9.48. The Balaban J connectivity index is 1.79. The van der Waals surface area contributed by atoms with Crippen LogP contribution in [0.15, 0.2) is 12.4 Å². The van der Waals surface area contributed by atoms with Crippen LogP contribution >= 0.6 is 0 Å². The van der Waals surface area contributed by atoms with Crippen molar-refractivity contribution in [1.82, 2.24) is 14.9 Å². The Bertz CT molecular complexity index is 348. The number of hydrogen-bond donors (Lipinski definition) is 1. The van der Waals surface area contributed by atoms with E-state index in [4.69, 9.17) is 0 Å². The number of aryl methyl sites for hydroxylation is 1. The molecule has 15 heavy (non-hydrogen) atoms. The standard InChI is InChI=1S/C12H19N3/c1-13-11(12-14-3-4-15(12)2)10-6-8-5-9(8)7-10/h3-4,8-11,13H,5-7H2,1-2H3. The number of imidazole rings is 1. The van der Waals surface area contributed by atoms with Crippen molar-refractivity contribution in [3.8, 4) is 0 Å². The minimum absolute atomic E-state index is 0.456. The third kappa shape index (κ3) is 1.49. The van der Waals surface area contributed by atoms with Gasteiger partial charge < -0.3 is 9.88 Å². The van der Waals surface area contributed by atoms with Crippen molar-refractivity contribution < 1.29 is 0 Å². The van der Waals surface area contributed by atoms with Crippen LogP contribution in [0, 0.1) is 17.8 Å². The van der Waals surface area contributed by atoms with Crippen LogP contribution in [0.4, 0.5) is 0 Å². The quantitative estimate of drug-likeness (QED) is 0.814. The number of hydrogen-bond acceptors (Lipinski definition) is 2. The van der Waals surface area contributed by atoms with Crippen molar-refractivity contribution in [3.05, 3.63) is 18.2 Å². The van der Waals surface area contributed by atoms with E-state index in [1.54, 1.807) is 0 Å². The molecule has 2 fully saturated rings. The first-order chi connectivity index (χ1) is 7.29. The van der Waals surface area contributed by atoms with Gasteiger partial charge in [-0.05, 0) is 44.1 Å². The Morgan fingerprint density at radius 3 is 2.67 bits per heavy atom. The third-order valence-electron chi connectivity index (χ3n) is 4.20. The summed E-state index contributed by atoms with van der Waals surface area (Å²) in [4.78, 5) is 4.47. The molecule has 0 bridgehead atoms. The summed E-state index contributed by atoms with van der Waals surface area (Å²) in [5.41, 5.74) is 0. The normalized spacial score (nSPS) is 35.2. The van der Waals surface area contributed by atoms with E-state index in [2.05, 4.69) is 29.0 Å². The van der Waals surface area contributed by atoms with Crippen LogP contribution in [0.1, 0.15) is 31.1 Å². The molecule has 0 aliphatic heterocycles. The summed E-state index contributed by atoms with van der Waals surface area (Å²) in [7, 11) is 4.14. The van der Waals surface area contributed by atoms with Crippen LogP contribution in [0.5, 0.6) is 0 Å². The van der Waals surface area contributed by atoms with E-state index in [0.29, 0.717) is 6.04 Å². The van der Waals surface area contributed by atoms with E-state index < -0.39 is 0 Å². The van der Waals surface area contributed by atoms with Gasteiger partial charge in [0.25, 0.3) is 0 Å². The lowest BCUT2D eigenvalue weighted by Gasteiger charge is -2.23. The lowest BCUT2D eigenvalue weighted by atomic mass is 9.94. The molecule has 0 spiro atoms. The van der Waals surface area contributed by atoms with Crippen molar-refractivity contribution in [2.24, 2.45) is 24.8 Å². The highest BCUT2D eigenvalue weighted by atomic mass is 15.1. The smallest absolute Gasteiger partial charge is 0.125 e. The lowest BCUT2D eigenvalue weighted by Crippen LogP contribution is -2.27. The van der Waals surface area contributed by atoms with E-state index in [9.17, 15) is 0 Å². The maximum Gasteiger partial charge on any atom is 0.125 e. The van der Waals surface area contributed by atoms with Gasteiger partial charge in [-0.2, -0.15) is 0 Å². The molecule has 1 heterocycles. The summed E-state index contributed by atoms with van der Waals surface area (Å²) in [6.45, 7) is 0. The fourth-order valence-electron chi connectivity index (χ4n) is 3.29. The third-order valence-corrected chi connectivity index (χ3v) is 4.20. The van der Waals surface area contributed by atoms with Crippen molar-refractivity contribution in [2.75, 3.05) is 7.05 Å². The van der Waals surface area contributed by atoms with Crippen LogP contribution < -0.4 is 5.32 Å². The fourth-order valence-corrected chi connectivity index (χ4v) is 3.29. The Kier molecular flexibility index (Phi) is 2.09. The van der Waals surface area contributed by atoms with E-state index >= 15 is 0 Å². The molecule has 1 aromatic rings. The number of aromatic nitrogens is 2. The summed E-state index contributed by atoms with van der Waals surface area (Å²) < 4.78 is 2.14. The molecule has 3 nitrogen and oxygen atoms in total. The van der Waals surface area contributed by atoms with Crippen molar-refractivity contribution in [2.45, 2.75) is 25.3 Å². The van der Waals surface area contributed by atoms with Gasteiger partial charge in [0.15, 0.2) is 0 Å².